The molecule has 10 heteroatoms. The molecule has 0 aromatic carbocycles. The highest BCUT2D eigenvalue weighted by Gasteiger charge is 2.49. The first kappa shape index (κ1) is 27.5. The standard InChI is InChI=1S/C21H38N6O3.HI/c1-8-23-18(24-10-9-12-26-13-11-22-15-26)25-14-17-16(2)29-21(6,7)27(17)19(28)30-20(3,4)5;/h11,13,15-17H,8-10,12,14H2,1-7H3,(H2,23,24,25);1H. The first-order valence-electron chi connectivity index (χ1n) is 10.7. The minimum absolute atomic E-state index is 0. The van der Waals surface area contributed by atoms with E-state index in [9.17, 15) is 4.79 Å². The van der Waals surface area contributed by atoms with E-state index in [0.29, 0.717) is 6.54 Å². The van der Waals surface area contributed by atoms with Gasteiger partial charge in [-0.2, -0.15) is 0 Å². The van der Waals surface area contributed by atoms with Gasteiger partial charge in [0, 0.05) is 32.0 Å². The number of hydrogen-bond donors (Lipinski definition) is 2. The molecule has 1 saturated heterocycles. The van der Waals surface area contributed by atoms with Crippen LogP contribution in [0.25, 0.3) is 0 Å². The minimum atomic E-state index is -0.751. The van der Waals surface area contributed by atoms with Gasteiger partial charge in [-0.1, -0.05) is 0 Å². The van der Waals surface area contributed by atoms with Gasteiger partial charge in [0.15, 0.2) is 5.96 Å². The predicted octanol–water partition coefficient (Wildman–Crippen LogP) is 3.21. The Bertz CT molecular complexity index is 702. The molecular weight excluding hydrogens is 511 g/mol. The molecule has 1 amide bonds. The van der Waals surface area contributed by atoms with E-state index in [0.717, 1.165) is 32.0 Å². The number of carbonyl (C=O) groups is 1. The number of aryl methyl sites for hydroxylation is 1. The normalized spacial score (nSPS) is 20.9. The van der Waals surface area contributed by atoms with Crippen LogP contribution >= 0.6 is 24.0 Å². The Balaban J connectivity index is 0.00000480. The largest absolute Gasteiger partial charge is 0.444 e. The summed E-state index contributed by atoms with van der Waals surface area (Å²) in [6.07, 6.45) is 5.96. The fourth-order valence-corrected chi connectivity index (χ4v) is 3.51. The zero-order chi connectivity index (χ0) is 22.4. The number of aromatic nitrogens is 2. The smallest absolute Gasteiger partial charge is 0.412 e. The number of ether oxygens (including phenoxy) is 2. The number of imidazole rings is 1. The first-order chi connectivity index (χ1) is 14.0. The number of rotatable bonds is 7. The van der Waals surface area contributed by atoms with Gasteiger partial charge in [0.25, 0.3) is 0 Å². The molecule has 1 aromatic rings. The van der Waals surface area contributed by atoms with Crippen LogP contribution in [0, 0.1) is 0 Å². The third kappa shape index (κ3) is 8.47. The van der Waals surface area contributed by atoms with Crippen LogP contribution in [0.15, 0.2) is 23.7 Å². The van der Waals surface area contributed by atoms with Crippen LogP contribution in [0.4, 0.5) is 4.79 Å². The Morgan fingerprint density at radius 2 is 2.03 bits per heavy atom. The third-order valence-corrected chi connectivity index (χ3v) is 4.74. The second kappa shape index (κ2) is 11.9. The van der Waals surface area contributed by atoms with Crippen molar-refractivity contribution < 1.29 is 14.3 Å². The van der Waals surface area contributed by atoms with Gasteiger partial charge < -0.3 is 24.7 Å². The van der Waals surface area contributed by atoms with Crippen molar-refractivity contribution in [3.63, 3.8) is 0 Å². The summed E-state index contributed by atoms with van der Waals surface area (Å²) < 4.78 is 13.7. The Morgan fingerprint density at radius 3 is 2.61 bits per heavy atom. The quantitative estimate of drug-likeness (QED) is 0.235. The number of aliphatic imine (C=N–C) groups is 1. The summed E-state index contributed by atoms with van der Waals surface area (Å²) in [5.41, 5.74) is -1.32. The summed E-state index contributed by atoms with van der Waals surface area (Å²) in [6, 6.07) is -0.212. The van der Waals surface area contributed by atoms with E-state index in [1.165, 1.54) is 0 Å². The van der Waals surface area contributed by atoms with Crippen LogP contribution < -0.4 is 10.6 Å². The molecule has 1 aliphatic rings. The SMILES string of the molecule is CCNC(=NCC1C(C)OC(C)(C)N1C(=O)OC(C)(C)C)NCCCn1ccnc1.I. The molecule has 0 spiro atoms. The molecule has 0 radical (unpaired) electrons. The number of guanidine groups is 1. The fraction of sp³-hybridized carbons (Fsp3) is 0.762. The van der Waals surface area contributed by atoms with Crippen molar-refractivity contribution in [2.75, 3.05) is 19.6 Å². The molecule has 0 aliphatic carbocycles. The van der Waals surface area contributed by atoms with Gasteiger partial charge in [-0.15, -0.1) is 24.0 Å². The summed E-state index contributed by atoms with van der Waals surface area (Å²) in [6.45, 7) is 16.2. The second-order valence-electron chi connectivity index (χ2n) is 8.99. The molecule has 1 aliphatic heterocycles. The van der Waals surface area contributed by atoms with Gasteiger partial charge in [-0.25, -0.2) is 9.78 Å². The molecule has 178 valence electrons. The van der Waals surface area contributed by atoms with Crippen molar-refractivity contribution in [1.29, 1.82) is 0 Å². The van der Waals surface area contributed by atoms with E-state index < -0.39 is 11.3 Å². The minimum Gasteiger partial charge on any atom is -0.444 e. The lowest BCUT2D eigenvalue weighted by atomic mass is 10.1. The molecular formula is C21H39IN6O3. The van der Waals surface area contributed by atoms with Crippen molar-refractivity contribution in [2.45, 2.75) is 84.9 Å². The summed E-state index contributed by atoms with van der Waals surface area (Å²) in [4.78, 5) is 23.3. The van der Waals surface area contributed by atoms with Gasteiger partial charge >= 0.3 is 6.09 Å². The highest BCUT2D eigenvalue weighted by Crippen LogP contribution is 2.33. The number of carbonyl (C=O) groups excluding carboxylic acids is 1. The Hall–Kier alpha value is -1.56. The Morgan fingerprint density at radius 1 is 1.32 bits per heavy atom. The zero-order valence-electron chi connectivity index (χ0n) is 19.8. The van der Waals surface area contributed by atoms with Crippen molar-refractivity contribution in [1.82, 2.24) is 25.1 Å². The number of halogens is 1. The van der Waals surface area contributed by atoms with Gasteiger partial charge in [0.1, 0.15) is 11.3 Å². The van der Waals surface area contributed by atoms with Gasteiger partial charge in [0.2, 0.25) is 0 Å². The van der Waals surface area contributed by atoms with E-state index in [4.69, 9.17) is 14.5 Å². The Labute approximate surface area is 203 Å². The maximum atomic E-state index is 12.9. The number of hydrogen-bond acceptors (Lipinski definition) is 5. The second-order valence-corrected chi connectivity index (χ2v) is 8.99. The predicted molar refractivity (Wildman–Crippen MR) is 133 cm³/mol. The average Bonchev–Trinajstić information content (AvgIpc) is 3.20. The molecule has 1 aromatic heterocycles. The topological polar surface area (TPSA) is 93.0 Å². The van der Waals surface area contributed by atoms with Crippen molar-refractivity contribution in [3.8, 4) is 0 Å². The van der Waals surface area contributed by atoms with Crippen LogP contribution in [0.3, 0.4) is 0 Å². The summed E-state index contributed by atoms with van der Waals surface area (Å²) in [5, 5.41) is 6.62. The highest BCUT2D eigenvalue weighted by molar-refractivity contribution is 14.0. The number of amides is 1. The van der Waals surface area contributed by atoms with Crippen LogP contribution in [-0.2, 0) is 16.0 Å². The monoisotopic (exact) mass is 550 g/mol. The summed E-state index contributed by atoms with van der Waals surface area (Å²) >= 11 is 0. The lowest BCUT2D eigenvalue weighted by molar-refractivity contribution is -0.0755. The third-order valence-electron chi connectivity index (χ3n) is 4.74. The average molecular weight is 550 g/mol. The van der Waals surface area contributed by atoms with Crippen LogP contribution in [-0.4, -0.2) is 69.6 Å². The van der Waals surface area contributed by atoms with Crippen molar-refractivity contribution >= 4 is 36.0 Å². The molecule has 2 atom stereocenters. The molecule has 1 fully saturated rings. The number of nitrogens with one attached hydrogen (secondary N) is 2. The van der Waals surface area contributed by atoms with Crippen molar-refractivity contribution in [2.24, 2.45) is 4.99 Å². The van der Waals surface area contributed by atoms with E-state index >= 15 is 0 Å². The maximum absolute atomic E-state index is 12.9. The molecule has 9 nitrogen and oxygen atoms in total. The summed E-state index contributed by atoms with van der Waals surface area (Å²) in [5.74, 6) is 0.726. The van der Waals surface area contributed by atoms with E-state index in [2.05, 4.69) is 15.6 Å². The lowest BCUT2D eigenvalue weighted by Crippen LogP contribution is -2.51. The Kier molecular flexibility index (Phi) is 10.5. The molecule has 0 bridgehead atoms. The number of nitrogens with zero attached hydrogens (tertiary/aromatic N) is 4. The lowest BCUT2D eigenvalue weighted by Gasteiger charge is -2.34. The first-order valence-corrected chi connectivity index (χ1v) is 10.7. The van der Waals surface area contributed by atoms with E-state index in [1.54, 1.807) is 11.1 Å². The fourth-order valence-electron chi connectivity index (χ4n) is 3.51. The van der Waals surface area contributed by atoms with Crippen LogP contribution in [0.1, 0.15) is 54.9 Å². The molecule has 31 heavy (non-hydrogen) atoms. The van der Waals surface area contributed by atoms with Gasteiger partial charge in [-0.05, 0) is 54.9 Å². The van der Waals surface area contributed by atoms with E-state index in [-0.39, 0.29) is 42.2 Å². The maximum Gasteiger partial charge on any atom is 0.412 e. The van der Waals surface area contributed by atoms with Crippen LogP contribution in [0.5, 0.6) is 0 Å². The molecule has 2 heterocycles. The van der Waals surface area contributed by atoms with Crippen molar-refractivity contribution in [3.05, 3.63) is 18.7 Å². The van der Waals surface area contributed by atoms with Crippen LogP contribution in [0.2, 0.25) is 0 Å². The summed E-state index contributed by atoms with van der Waals surface area (Å²) in [7, 11) is 0. The van der Waals surface area contributed by atoms with Gasteiger partial charge in [-0.3, -0.25) is 9.89 Å². The molecule has 2 N–H and O–H groups in total. The van der Waals surface area contributed by atoms with E-state index in [1.807, 2.05) is 65.6 Å². The molecule has 0 saturated carbocycles. The zero-order valence-corrected chi connectivity index (χ0v) is 22.2. The highest BCUT2D eigenvalue weighted by atomic mass is 127. The molecule has 2 unspecified atom stereocenters. The van der Waals surface area contributed by atoms with Gasteiger partial charge in [0.05, 0.1) is 25.0 Å². The molecule has 2 rings (SSSR count).